The van der Waals surface area contributed by atoms with Gasteiger partial charge in [0.1, 0.15) is 0 Å². The number of rotatable bonds is 1. The van der Waals surface area contributed by atoms with E-state index in [1.807, 2.05) is 0 Å². The van der Waals surface area contributed by atoms with Gasteiger partial charge in [0.25, 0.3) is 0 Å². The Morgan fingerprint density at radius 3 is 2.11 bits per heavy atom. The topological polar surface area (TPSA) is 20.2 Å². The summed E-state index contributed by atoms with van der Waals surface area (Å²) in [6.07, 6.45) is 5.16. The molecule has 0 unspecified atom stereocenters. The summed E-state index contributed by atoms with van der Waals surface area (Å²) in [6.45, 7) is 0. The zero-order chi connectivity index (χ0) is 13.2. The fraction of sp³-hybridized carbons (Fsp3) is 0.625. The fourth-order valence-electron chi connectivity index (χ4n) is 5.16. The van der Waals surface area contributed by atoms with Crippen molar-refractivity contribution in [2.75, 3.05) is 0 Å². The molecule has 1 nitrogen and oxygen atoms in total. The van der Waals surface area contributed by atoms with E-state index in [-0.39, 0.29) is 17.4 Å². The SMILES string of the molecule is OC1(c2cccc(F)c2F)C2CC3CC(C2)CC1C3. The van der Waals surface area contributed by atoms with Crippen LogP contribution in [0.25, 0.3) is 0 Å². The summed E-state index contributed by atoms with van der Waals surface area (Å²) in [7, 11) is 0. The molecular weight excluding hydrogens is 246 g/mol. The van der Waals surface area contributed by atoms with E-state index in [1.165, 1.54) is 12.5 Å². The molecule has 0 aromatic heterocycles. The number of hydrogen-bond donors (Lipinski definition) is 1. The van der Waals surface area contributed by atoms with Gasteiger partial charge >= 0.3 is 0 Å². The van der Waals surface area contributed by atoms with Crippen molar-refractivity contribution in [1.82, 2.24) is 0 Å². The quantitative estimate of drug-likeness (QED) is 0.821. The normalized spacial score (nSPS) is 43.7. The summed E-state index contributed by atoms with van der Waals surface area (Å²) in [5.74, 6) is -0.0869. The third-order valence-electron chi connectivity index (χ3n) is 5.77. The van der Waals surface area contributed by atoms with E-state index >= 15 is 0 Å². The van der Waals surface area contributed by atoms with Crippen LogP contribution in [0.3, 0.4) is 0 Å². The average molecular weight is 264 g/mol. The lowest BCUT2D eigenvalue weighted by molar-refractivity contribution is -0.181. The van der Waals surface area contributed by atoms with Crippen LogP contribution in [0.5, 0.6) is 0 Å². The second-order valence-corrected chi connectivity index (χ2v) is 6.73. The fourth-order valence-corrected chi connectivity index (χ4v) is 5.16. The molecule has 0 amide bonds. The lowest BCUT2D eigenvalue weighted by Gasteiger charge is -2.59. The zero-order valence-electron chi connectivity index (χ0n) is 10.8. The minimum Gasteiger partial charge on any atom is -0.384 e. The van der Waals surface area contributed by atoms with Crippen molar-refractivity contribution in [3.05, 3.63) is 35.4 Å². The van der Waals surface area contributed by atoms with E-state index in [4.69, 9.17) is 0 Å². The smallest absolute Gasteiger partial charge is 0.164 e. The number of hydrogen-bond acceptors (Lipinski definition) is 1. The molecule has 4 bridgehead atoms. The van der Waals surface area contributed by atoms with Gasteiger partial charge < -0.3 is 5.11 Å². The van der Waals surface area contributed by atoms with Crippen molar-refractivity contribution >= 4 is 0 Å². The third kappa shape index (κ3) is 1.48. The predicted molar refractivity (Wildman–Crippen MR) is 67.3 cm³/mol. The van der Waals surface area contributed by atoms with Gasteiger partial charge in [0, 0.05) is 5.56 Å². The van der Waals surface area contributed by atoms with E-state index in [0.717, 1.165) is 31.7 Å². The molecule has 5 rings (SSSR count). The van der Waals surface area contributed by atoms with E-state index in [0.29, 0.717) is 11.8 Å². The largest absolute Gasteiger partial charge is 0.384 e. The van der Waals surface area contributed by atoms with Gasteiger partial charge in [-0.2, -0.15) is 0 Å². The van der Waals surface area contributed by atoms with Gasteiger partial charge in [-0.05, 0) is 61.8 Å². The van der Waals surface area contributed by atoms with E-state index < -0.39 is 17.2 Å². The first-order chi connectivity index (χ1) is 9.09. The summed E-state index contributed by atoms with van der Waals surface area (Å²) in [5, 5.41) is 11.2. The summed E-state index contributed by atoms with van der Waals surface area (Å²) in [5.41, 5.74) is -0.944. The van der Waals surface area contributed by atoms with Crippen LogP contribution in [0.2, 0.25) is 0 Å². The lowest BCUT2D eigenvalue weighted by atomic mass is 9.48. The average Bonchev–Trinajstić information content (AvgIpc) is 2.38. The Balaban J connectivity index is 1.83. The molecule has 4 aliphatic carbocycles. The van der Waals surface area contributed by atoms with Crippen LogP contribution in [-0.2, 0) is 5.60 Å². The maximum Gasteiger partial charge on any atom is 0.164 e. The molecule has 4 saturated carbocycles. The molecule has 0 aliphatic heterocycles. The molecule has 0 radical (unpaired) electrons. The number of benzene rings is 1. The van der Waals surface area contributed by atoms with Crippen molar-refractivity contribution in [1.29, 1.82) is 0 Å². The monoisotopic (exact) mass is 264 g/mol. The Bertz CT molecular complexity index is 497. The molecule has 4 fully saturated rings. The Morgan fingerprint density at radius 2 is 1.53 bits per heavy atom. The van der Waals surface area contributed by atoms with E-state index in [1.54, 1.807) is 6.07 Å². The Morgan fingerprint density at radius 1 is 0.947 bits per heavy atom. The van der Waals surface area contributed by atoms with Crippen LogP contribution in [-0.4, -0.2) is 5.11 Å². The minimum atomic E-state index is -1.14. The summed E-state index contributed by atoms with van der Waals surface area (Å²) in [4.78, 5) is 0. The van der Waals surface area contributed by atoms with Crippen molar-refractivity contribution in [3.8, 4) is 0 Å². The molecule has 1 aromatic carbocycles. The lowest BCUT2D eigenvalue weighted by Crippen LogP contribution is -2.55. The van der Waals surface area contributed by atoms with Gasteiger partial charge in [-0.3, -0.25) is 0 Å². The predicted octanol–water partition coefficient (Wildman–Crippen LogP) is 3.61. The Labute approximate surface area is 111 Å². The highest BCUT2D eigenvalue weighted by Crippen LogP contribution is 2.62. The molecule has 0 saturated heterocycles. The second-order valence-electron chi connectivity index (χ2n) is 6.73. The van der Waals surface area contributed by atoms with E-state index in [2.05, 4.69) is 0 Å². The van der Waals surface area contributed by atoms with Gasteiger partial charge in [-0.1, -0.05) is 12.1 Å². The van der Waals surface area contributed by atoms with Crippen LogP contribution in [0.1, 0.15) is 37.7 Å². The number of halogens is 2. The molecule has 1 aromatic rings. The molecule has 3 heteroatoms. The first-order valence-corrected chi connectivity index (χ1v) is 7.26. The van der Waals surface area contributed by atoms with Gasteiger partial charge in [-0.15, -0.1) is 0 Å². The molecular formula is C16H18F2O. The molecule has 19 heavy (non-hydrogen) atoms. The van der Waals surface area contributed by atoms with Gasteiger partial charge in [0.2, 0.25) is 0 Å². The summed E-state index contributed by atoms with van der Waals surface area (Å²) in [6, 6.07) is 4.20. The third-order valence-corrected chi connectivity index (χ3v) is 5.77. The highest BCUT2D eigenvalue weighted by atomic mass is 19.2. The number of aliphatic hydroxyl groups is 1. The van der Waals surface area contributed by atoms with Crippen molar-refractivity contribution < 1.29 is 13.9 Å². The van der Waals surface area contributed by atoms with Gasteiger partial charge in [0.05, 0.1) is 5.60 Å². The van der Waals surface area contributed by atoms with Crippen molar-refractivity contribution in [2.24, 2.45) is 23.7 Å². The van der Waals surface area contributed by atoms with Crippen LogP contribution >= 0.6 is 0 Å². The van der Waals surface area contributed by atoms with Crippen LogP contribution in [0, 0.1) is 35.3 Å². The molecule has 4 aliphatic rings. The first-order valence-electron chi connectivity index (χ1n) is 7.26. The molecule has 0 heterocycles. The second kappa shape index (κ2) is 3.78. The summed E-state index contributed by atoms with van der Waals surface area (Å²) >= 11 is 0. The maximum absolute atomic E-state index is 14.1. The molecule has 0 spiro atoms. The van der Waals surface area contributed by atoms with Crippen LogP contribution in [0.15, 0.2) is 18.2 Å². The Kier molecular flexibility index (Phi) is 2.36. The van der Waals surface area contributed by atoms with Crippen LogP contribution in [0.4, 0.5) is 8.78 Å². The zero-order valence-corrected chi connectivity index (χ0v) is 10.8. The standard InChI is InChI=1S/C16H18F2O/c17-14-3-1-2-13(15(14)18)16(19)11-5-9-4-10(7-11)8-12(16)6-9/h1-3,9-12,19H,4-8H2. The molecule has 1 N–H and O–H groups in total. The highest BCUT2D eigenvalue weighted by Gasteiger charge is 2.58. The Hall–Kier alpha value is -0.960. The van der Waals surface area contributed by atoms with Crippen molar-refractivity contribution in [2.45, 2.75) is 37.7 Å². The molecule has 0 atom stereocenters. The van der Waals surface area contributed by atoms with Crippen LogP contribution < -0.4 is 0 Å². The van der Waals surface area contributed by atoms with Gasteiger partial charge in [0.15, 0.2) is 11.6 Å². The van der Waals surface area contributed by atoms with E-state index in [9.17, 15) is 13.9 Å². The molecule has 102 valence electrons. The summed E-state index contributed by atoms with van der Waals surface area (Å²) < 4.78 is 27.6. The van der Waals surface area contributed by atoms with Crippen molar-refractivity contribution in [3.63, 3.8) is 0 Å². The van der Waals surface area contributed by atoms with Gasteiger partial charge in [-0.25, -0.2) is 8.78 Å². The first kappa shape index (κ1) is 11.8. The highest BCUT2D eigenvalue weighted by molar-refractivity contribution is 5.30. The minimum absolute atomic E-state index is 0.111. The maximum atomic E-state index is 14.1.